The van der Waals surface area contributed by atoms with Crippen LogP contribution in [0, 0.1) is 11.6 Å². The van der Waals surface area contributed by atoms with Crippen LogP contribution in [0.3, 0.4) is 0 Å². The Kier molecular flexibility index (Phi) is 3.08. The largest absolute Gasteiger partial charge is 0.351 e. The fourth-order valence-electron chi connectivity index (χ4n) is 4.02. The molecule has 0 radical (unpaired) electrons. The number of halogens is 2. The number of hydrogen-bond donors (Lipinski definition) is 1. The number of nitrogens with one attached hydrogen (secondary N) is 1. The molecular formula is C16H19F2N3. The van der Waals surface area contributed by atoms with E-state index in [4.69, 9.17) is 0 Å². The number of benzene rings is 1. The van der Waals surface area contributed by atoms with E-state index in [0.29, 0.717) is 24.2 Å². The second kappa shape index (κ2) is 4.97. The Bertz CT molecular complexity index is 587. The number of rotatable bonds is 1. The summed E-state index contributed by atoms with van der Waals surface area (Å²) in [4.78, 5) is 6.77. The summed E-state index contributed by atoms with van der Waals surface area (Å²) in [6.45, 7) is 0.666. The Morgan fingerprint density at radius 3 is 2.90 bits per heavy atom. The van der Waals surface area contributed by atoms with Crippen LogP contribution in [-0.4, -0.2) is 29.5 Å². The van der Waals surface area contributed by atoms with Crippen molar-refractivity contribution in [2.75, 3.05) is 6.54 Å². The van der Waals surface area contributed by atoms with E-state index in [1.165, 1.54) is 31.0 Å². The summed E-state index contributed by atoms with van der Waals surface area (Å²) >= 11 is 0. The molecule has 4 rings (SSSR count). The highest BCUT2D eigenvalue weighted by molar-refractivity contribution is 5.84. The summed E-state index contributed by atoms with van der Waals surface area (Å²) in [7, 11) is 0. The molecule has 3 unspecified atom stereocenters. The molecule has 1 saturated heterocycles. The smallest absolute Gasteiger partial charge is 0.195 e. The van der Waals surface area contributed by atoms with Crippen molar-refractivity contribution in [1.29, 1.82) is 0 Å². The first-order valence-corrected chi connectivity index (χ1v) is 7.78. The van der Waals surface area contributed by atoms with Crippen LogP contribution >= 0.6 is 0 Å². The van der Waals surface area contributed by atoms with Gasteiger partial charge in [-0.3, -0.25) is 4.99 Å². The third-order valence-corrected chi connectivity index (χ3v) is 4.96. The van der Waals surface area contributed by atoms with Crippen molar-refractivity contribution in [3.63, 3.8) is 0 Å². The highest BCUT2D eigenvalue weighted by atomic mass is 19.1. The van der Waals surface area contributed by atoms with Crippen LogP contribution < -0.4 is 5.32 Å². The second-order valence-electron chi connectivity index (χ2n) is 6.19. The maximum Gasteiger partial charge on any atom is 0.195 e. The summed E-state index contributed by atoms with van der Waals surface area (Å²) in [5.74, 6) is 0.191. The van der Waals surface area contributed by atoms with Crippen LogP contribution in [0.15, 0.2) is 23.2 Å². The van der Waals surface area contributed by atoms with E-state index in [1.54, 1.807) is 0 Å². The molecule has 1 saturated carbocycles. The molecule has 2 fully saturated rings. The quantitative estimate of drug-likeness (QED) is 0.861. The third kappa shape index (κ3) is 2.10. The number of fused-ring (bicyclic) bond motifs is 3. The molecule has 3 atom stereocenters. The average Bonchev–Trinajstić information content (AvgIpc) is 2.88. The van der Waals surface area contributed by atoms with Gasteiger partial charge >= 0.3 is 0 Å². The molecular weight excluding hydrogens is 272 g/mol. The van der Waals surface area contributed by atoms with Gasteiger partial charge in [-0.25, -0.2) is 8.78 Å². The third-order valence-electron chi connectivity index (χ3n) is 4.96. The van der Waals surface area contributed by atoms with Crippen LogP contribution in [0.2, 0.25) is 0 Å². The molecule has 3 nitrogen and oxygen atoms in total. The molecule has 1 aromatic carbocycles. The average molecular weight is 291 g/mol. The van der Waals surface area contributed by atoms with Gasteiger partial charge in [0.15, 0.2) is 5.96 Å². The monoisotopic (exact) mass is 291 g/mol. The minimum Gasteiger partial charge on any atom is -0.351 e. The van der Waals surface area contributed by atoms with Crippen molar-refractivity contribution in [3.05, 3.63) is 35.4 Å². The van der Waals surface area contributed by atoms with Crippen molar-refractivity contribution in [2.45, 2.75) is 50.2 Å². The lowest BCUT2D eigenvalue weighted by Crippen LogP contribution is -2.43. The van der Waals surface area contributed by atoms with E-state index in [2.05, 4.69) is 15.2 Å². The van der Waals surface area contributed by atoms with Gasteiger partial charge in [-0.15, -0.1) is 0 Å². The van der Waals surface area contributed by atoms with Crippen molar-refractivity contribution >= 4 is 5.96 Å². The van der Waals surface area contributed by atoms with Crippen molar-refractivity contribution < 1.29 is 8.78 Å². The normalized spacial score (nSPS) is 31.2. The number of hydrogen-bond acceptors (Lipinski definition) is 3. The summed E-state index contributed by atoms with van der Waals surface area (Å²) in [6.07, 6.45) is 5.41. The lowest BCUT2D eigenvalue weighted by Gasteiger charge is -2.38. The first kappa shape index (κ1) is 13.0. The minimum atomic E-state index is -0.372. The second-order valence-corrected chi connectivity index (χ2v) is 6.19. The van der Waals surface area contributed by atoms with E-state index in [0.717, 1.165) is 25.2 Å². The Morgan fingerprint density at radius 2 is 2.00 bits per heavy atom. The van der Waals surface area contributed by atoms with Crippen molar-refractivity contribution in [2.24, 2.45) is 4.99 Å². The molecule has 112 valence electrons. The fourth-order valence-corrected chi connectivity index (χ4v) is 4.02. The highest BCUT2D eigenvalue weighted by Crippen LogP contribution is 2.39. The summed E-state index contributed by atoms with van der Waals surface area (Å²) < 4.78 is 27.7. The van der Waals surface area contributed by atoms with Gasteiger partial charge in [-0.05, 0) is 37.5 Å². The Hall–Kier alpha value is -1.65. The van der Waals surface area contributed by atoms with Crippen LogP contribution in [0.1, 0.15) is 43.7 Å². The zero-order chi connectivity index (χ0) is 14.4. The first-order valence-electron chi connectivity index (χ1n) is 7.78. The van der Waals surface area contributed by atoms with Gasteiger partial charge in [0, 0.05) is 18.2 Å². The SMILES string of the molecule is Fc1ccc(F)c(C2CCN=C3NC4CCCCC4N32)c1. The molecule has 0 amide bonds. The maximum atomic E-state index is 14.2. The van der Waals surface area contributed by atoms with Crippen LogP contribution in [-0.2, 0) is 0 Å². The van der Waals surface area contributed by atoms with Crippen molar-refractivity contribution in [3.8, 4) is 0 Å². The zero-order valence-corrected chi connectivity index (χ0v) is 11.9. The Labute approximate surface area is 123 Å². The van der Waals surface area contributed by atoms with Gasteiger partial charge < -0.3 is 10.2 Å². The van der Waals surface area contributed by atoms with Crippen molar-refractivity contribution in [1.82, 2.24) is 10.2 Å². The van der Waals surface area contributed by atoms with Gasteiger partial charge in [0.2, 0.25) is 0 Å². The van der Waals surface area contributed by atoms with Crippen LogP contribution in [0.5, 0.6) is 0 Å². The first-order chi connectivity index (χ1) is 10.2. The standard InChI is InChI=1S/C16H19F2N3/c17-10-5-6-12(18)11(9-10)14-7-8-19-16-20-13-3-1-2-4-15(13)21(14)16/h5-6,9,13-15H,1-4,7-8H2,(H,19,20). The lowest BCUT2D eigenvalue weighted by atomic mass is 9.89. The molecule has 0 bridgehead atoms. The molecule has 3 aliphatic rings. The predicted molar refractivity (Wildman–Crippen MR) is 77.0 cm³/mol. The molecule has 1 aromatic rings. The van der Waals surface area contributed by atoms with Gasteiger partial charge in [0.25, 0.3) is 0 Å². The minimum absolute atomic E-state index is 0.103. The van der Waals surface area contributed by atoms with E-state index in [-0.39, 0.29) is 17.7 Å². The Balaban J connectivity index is 1.72. The van der Waals surface area contributed by atoms with Gasteiger partial charge in [-0.2, -0.15) is 0 Å². The molecule has 21 heavy (non-hydrogen) atoms. The number of guanidine groups is 1. The highest BCUT2D eigenvalue weighted by Gasteiger charge is 2.44. The van der Waals surface area contributed by atoms with E-state index >= 15 is 0 Å². The van der Waals surface area contributed by atoms with E-state index < -0.39 is 0 Å². The molecule has 0 spiro atoms. The van der Waals surface area contributed by atoms with Crippen LogP contribution in [0.4, 0.5) is 8.78 Å². The zero-order valence-electron chi connectivity index (χ0n) is 11.9. The molecule has 1 N–H and O–H groups in total. The summed E-state index contributed by atoms with van der Waals surface area (Å²) in [6, 6.07) is 4.44. The molecule has 2 aliphatic heterocycles. The van der Waals surface area contributed by atoms with Gasteiger partial charge in [0.05, 0.1) is 12.1 Å². The number of nitrogens with zero attached hydrogens (tertiary/aromatic N) is 2. The van der Waals surface area contributed by atoms with E-state index in [9.17, 15) is 8.78 Å². The molecule has 2 heterocycles. The predicted octanol–water partition coefficient (Wildman–Crippen LogP) is 2.98. The number of aliphatic imine (C=N–C) groups is 1. The summed E-state index contributed by atoms with van der Waals surface area (Å²) in [5, 5.41) is 3.49. The lowest BCUT2D eigenvalue weighted by molar-refractivity contribution is 0.185. The Morgan fingerprint density at radius 1 is 1.14 bits per heavy atom. The molecule has 5 heteroatoms. The fraction of sp³-hybridized carbons (Fsp3) is 0.562. The van der Waals surface area contributed by atoms with Gasteiger partial charge in [0.1, 0.15) is 11.6 Å². The van der Waals surface area contributed by atoms with Crippen LogP contribution in [0.25, 0.3) is 0 Å². The summed E-state index contributed by atoms with van der Waals surface area (Å²) in [5.41, 5.74) is 0.468. The topological polar surface area (TPSA) is 27.6 Å². The molecule has 1 aliphatic carbocycles. The van der Waals surface area contributed by atoms with Gasteiger partial charge in [-0.1, -0.05) is 12.8 Å². The maximum absolute atomic E-state index is 14.2. The van der Waals surface area contributed by atoms with E-state index in [1.807, 2.05) is 0 Å². The molecule has 0 aromatic heterocycles.